The summed E-state index contributed by atoms with van der Waals surface area (Å²) in [5.74, 6) is -1.56. The number of pyridine rings is 1. The highest BCUT2D eigenvalue weighted by atomic mass is 19.1. The number of benzene rings is 2. The Kier molecular flexibility index (Phi) is 5.49. The molecule has 0 spiro atoms. The molecule has 29 heavy (non-hydrogen) atoms. The molecule has 1 heterocycles. The van der Waals surface area contributed by atoms with Crippen molar-refractivity contribution in [3.8, 4) is 22.6 Å². The van der Waals surface area contributed by atoms with E-state index in [-0.39, 0.29) is 28.3 Å². The van der Waals surface area contributed by atoms with Crippen molar-refractivity contribution in [3.63, 3.8) is 0 Å². The van der Waals surface area contributed by atoms with Crippen molar-refractivity contribution < 1.29 is 18.4 Å². The molecule has 3 rings (SSSR count). The van der Waals surface area contributed by atoms with Gasteiger partial charge in [0, 0.05) is 36.1 Å². The molecule has 0 saturated heterocycles. The van der Waals surface area contributed by atoms with Crippen LogP contribution in [0.3, 0.4) is 0 Å². The van der Waals surface area contributed by atoms with E-state index in [0.29, 0.717) is 22.9 Å². The SMILES string of the molecule is CON=Cc1c(N)c(-c2cc(N)ccc2Oc2ccc(F)cc2F)cn(C)c1=O. The van der Waals surface area contributed by atoms with Gasteiger partial charge in [-0.05, 0) is 30.3 Å². The van der Waals surface area contributed by atoms with E-state index in [0.717, 1.165) is 6.07 Å². The molecule has 2 aromatic carbocycles. The predicted molar refractivity (Wildman–Crippen MR) is 107 cm³/mol. The average Bonchev–Trinajstić information content (AvgIpc) is 2.68. The van der Waals surface area contributed by atoms with Crippen molar-refractivity contribution in [2.45, 2.75) is 0 Å². The summed E-state index contributed by atoms with van der Waals surface area (Å²) < 4.78 is 34.2. The summed E-state index contributed by atoms with van der Waals surface area (Å²) in [5.41, 5.74) is 13.2. The van der Waals surface area contributed by atoms with E-state index in [1.165, 1.54) is 36.2 Å². The van der Waals surface area contributed by atoms with Crippen LogP contribution in [0.5, 0.6) is 11.5 Å². The van der Waals surface area contributed by atoms with Gasteiger partial charge in [0.2, 0.25) is 0 Å². The number of aryl methyl sites for hydroxylation is 1. The van der Waals surface area contributed by atoms with Crippen molar-refractivity contribution >= 4 is 17.6 Å². The van der Waals surface area contributed by atoms with Crippen molar-refractivity contribution in [1.29, 1.82) is 0 Å². The zero-order valence-electron chi connectivity index (χ0n) is 15.6. The summed E-state index contributed by atoms with van der Waals surface area (Å²) in [6.45, 7) is 0. The first-order valence-corrected chi connectivity index (χ1v) is 8.40. The van der Waals surface area contributed by atoms with Crippen LogP contribution in [0.2, 0.25) is 0 Å². The number of nitrogens with zero attached hydrogens (tertiary/aromatic N) is 2. The maximum Gasteiger partial charge on any atom is 0.261 e. The lowest BCUT2D eigenvalue weighted by Gasteiger charge is -2.16. The molecule has 0 radical (unpaired) electrons. The molecule has 0 aliphatic heterocycles. The Bertz CT molecular complexity index is 1160. The molecule has 1 aromatic heterocycles. The van der Waals surface area contributed by atoms with Gasteiger partial charge in [-0.25, -0.2) is 8.78 Å². The topological polar surface area (TPSA) is 105 Å². The molecular formula is C20H18F2N4O3. The first-order valence-electron chi connectivity index (χ1n) is 8.40. The van der Waals surface area contributed by atoms with Gasteiger partial charge >= 0.3 is 0 Å². The Hall–Kier alpha value is -3.88. The normalized spacial score (nSPS) is 11.0. The number of oxime groups is 1. The minimum atomic E-state index is -0.867. The lowest BCUT2D eigenvalue weighted by molar-refractivity contribution is 0.215. The molecule has 9 heteroatoms. The van der Waals surface area contributed by atoms with Gasteiger partial charge in [0.15, 0.2) is 11.6 Å². The van der Waals surface area contributed by atoms with Crippen LogP contribution >= 0.6 is 0 Å². The number of hydrogen-bond acceptors (Lipinski definition) is 6. The first kappa shape index (κ1) is 19.9. The van der Waals surface area contributed by atoms with Gasteiger partial charge in [0.05, 0.1) is 17.5 Å². The zero-order valence-corrected chi connectivity index (χ0v) is 15.6. The fraction of sp³-hybridized carbons (Fsp3) is 0.100. The van der Waals surface area contributed by atoms with Gasteiger partial charge in [0.25, 0.3) is 5.56 Å². The maximum atomic E-state index is 14.1. The van der Waals surface area contributed by atoms with E-state index in [1.54, 1.807) is 19.2 Å². The molecule has 7 nitrogen and oxygen atoms in total. The van der Waals surface area contributed by atoms with E-state index in [2.05, 4.69) is 9.99 Å². The monoisotopic (exact) mass is 400 g/mol. The number of nitrogen functional groups attached to an aromatic ring is 2. The third-order valence-electron chi connectivity index (χ3n) is 4.15. The highest BCUT2D eigenvalue weighted by molar-refractivity contribution is 5.94. The van der Waals surface area contributed by atoms with Gasteiger partial charge in [-0.2, -0.15) is 0 Å². The second-order valence-electron chi connectivity index (χ2n) is 6.14. The van der Waals surface area contributed by atoms with E-state index in [9.17, 15) is 13.6 Å². The summed E-state index contributed by atoms with van der Waals surface area (Å²) >= 11 is 0. The van der Waals surface area contributed by atoms with Crippen LogP contribution in [0.4, 0.5) is 20.2 Å². The summed E-state index contributed by atoms with van der Waals surface area (Å²) in [7, 11) is 2.88. The molecule has 0 bridgehead atoms. The Labute approximate surface area is 164 Å². The molecule has 0 aliphatic rings. The van der Waals surface area contributed by atoms with Crippen LogP contribution in [0.15, 0.2) is 52.5 Å². The third kappa shape index (κ3) is 4.03. The maximum absolute atomic E-state index is 14.1. The Morgan fingerprint density at radius 3 is 2.48 bits per heavy atom. The van der Waals surface area contributed by atoms with E-state index >= 15 is 0 Å². The fourth-order valence-corrected chi connectivity index (χ4v) is 2.74. The molecule has 0 fully saturated rings. The molecule has 0 aliphatic carbocycles. The minimum absolute atomic E-state index is 0.105. The molecular weight excluding hydrogens is 382 g/mol. The number of nitrogens with two attached hydrogens (primary N) is 2. The predicted octanol–water partition coefficient (Wildman–Crippen LogP) is 3.27. The van der Waals surface area contributed by atoms with Crippen molar-refractivity contribution in [1.82, 2.24) is 4.57 Å². The Balaban J connectivity index is 2.19. The molecule has 0 unspecified atom stereocenters. The lowest BCUT2D eigenvalue weighted by Crippen LogP contribution is -2.23. The summed E-state index contributed by atoms with van der Waals surface area (Å²) in [5, 5.41) is 3.61. The first-order chi connectivity index (χ1) is 13.8. The number of anilines is 2. The molecule has 3 aromatic rings. The molecule has 0 amide bonds. The van der Waals surface area contributed by atoms with Crippen LogP contribution in [0.25, 0.3) is 11.1 Å². The van der Waals surface area contributed by atoms with Crippen molar-refractivity contribution in [3.05, 3.63) is 70.1 Å². The van der Waals surface area contributed by atoms with Crippen LogP contribution in [0.1, 0.15) is 5.56 Å². The molecule has 0 atom stereocenters. The summed E-state index contributed by atoms with van der Waals surface area (Å²) in [4.78, 5) is 17.0. The van der Waals surface area contributed by atoms with Gasteiger partial charge in [0.1, 0.15) is 18.7 Å². The third-order valence-corrected chi connectivity index (χ3v) is 4.15. The average molecular weight is 400 g/mol. The number of ether oxygens (including phenoxy) is 1. The van der Waals surface area contributed by atoms with Crippen LogP contribution in [-0.2, 0) is 11.9 Å². The zero-order chi connectivity index (χ0) is 21.1. The van der Waals surface area contributed by atoms with Gasteiger partial charge in [-0.3, -0.25) is 4.79 Å². The summed E-state index contributed by atoms with van der Waals surface area (Å²) in [6.07, 6.45) is 2.71. The van der Waals surface area contributed by atoms with Crippen LogP contribution in [-0.4, -0.2) is 17.9 Å². The van der Waals surface area contributed by atoms with Crippen LogP contribution in [0, 0.1) is 11.6 Å². The standard InChI is InChI=1S/C20H18F2N4O3/c1-26-10-15(19(24)14(20(26)27)9-25-28-2)13-8-12(23)4-6-17(13)29-18-5-3-11(21)7-16(18)22/h3-10H,23-24H2,1-2H3. The highest BCUT2D eigenvalue weighted by Gasteiger charge is 2.18. The molecule has 4 N–H and O–H groups in total. The smallest absolute Gasteiger partial charge is 0.261 e. The minimum Gasteiger partial charge on any atom is -0.454 e. The second-order valence-corrected chi connectivity index (χ2v) is 6.14. The van der Waals surface area contributed by atoms with Gasteiger partial charge in [-0.1, -0.05) is 5.16 Å². The largest absolute Gasteiger partial charge is 0.454 e. The van der Waals surface area contributed by atoms with Crippen molar-refractivity contribution in [2.75, 3.05) is 18.6 Å². The van der Waals surface area contributed by atoms with E-state index in [1.807, 2.05) is 0 Å². The molecule has 0 saturated carbocycles. The molecule has 150 valence electrons. The van der Waals surface area contributed by atoms with Crippen molar-refractivity contribution in [2.24, 2.45) is 12.2 Å². The van der Waals surface area contributed by atoms with Crippen LogP contribution < -0.4 is 21.8 Å². The van der Waals surface area contributed by atoms with E-state index in [4.69, 9.17) is 16.2 Å². The number of rotatable bonds is 5. The fourth-order valence-electron chi connectivity index (χ4n) is 2.74. The van der Waals surface area contributed by atoms with Gasteiger partial charge in [-0.15, -0.1) is 0 Å². The Morgan fingerprint density at radius 1 is 1.07 bits per heavy atom. The lowest BCUT2D eigenvalue weighted by atomic mass is 10.0. The quantitative estimate of drug-likeness (QED) is 0.389. The number of aromatic nitrogens is 1. The number of halogens is 2. The highest BCUT2D eigenvalue weighted by Crippen LogP contribution is 2.38. The second kappa shape index (κ2) is 8.01. The number of hydrogen-bond donors (Lipinski definition) is 2. The Morgan fingerprint density at radius 2 is 1.79 bits per heavy atom. The summed E-state index contributed by atoms with van der Waals surface area (Å²) in [6, 6.07) is 7.63. The van der Waals surface area contributed by atoms with Gasteiger partial charge < -0.3 is 25.6 Å². The van der Waals surface area contributed by atoms with E-state index < -0.39 is 11.6 Å².